The number of rotatable bonds is 6. The second-order valence-corrected chi connectivity index (χ2v) is 7.85. The van der Waals surface area contributed by atoms with E-state index in [0.717, 1.165) is 29.9 Å². The van der Waals surface area contributed by atoms with Crippen LogP contribution in [0.15, 0.2) is 42.5 Å². The summed E-state index contributed by atoms with van der Waals surface area (Å²) >= 11 is 0. The molecule has 0 atom stereocenters. The molecule has 1 amide bonds. The number of aromatic nitrogens is 5. The molecule has 1 aliphatic heterocycles. The normalized spacial score (nSPS) is 12.8. The van der Waals surface area contributed by atoms with E-state index in [4.69, 9.17) is 15.7 Å². The van der Waals surface area contributed by atoms with E-state index in [-0.39, 0.29) is 5.56 Å². The predicted molar refractivity (Wildman–Crippen MR) is 124 cm³/mol. The van der Waals surface area contributed by atoms with Crippen LogP contribution in [0.4, 0.5) is 11.5 Å². The average molecular weight is 444 g/mol. The number of carbonyl (C=O) groups is 1. The molecule has 5 N–H and O–H groups in total. The molecule has 3 heterocycles. The molecule has 33 heavy (non-hydrogen) atoms. The fraction of sp³-hybridized carbons (Fsp3) is 0.190. The standard InChI is InChI=1S/C21H21BN8O3/c1-29-9-8-15-18(29)20(24-11-12-4-2-5-13(10-12)22(32)33)26-21(25-15)30-16-7-3-6-14(19(23)31)17(16)27-28-30/h2-7,10,32-33H,8-9,11H2,1H3,(H2,23,31)(H,24,25,26). The smallest absolute Gasteiger partial charge is 0.423 e. The number of nitrogens with one attached hydrogen (secondary N) is 1. The molecular weight excluding hydrogens is 423 g/mol. The summed E-state index contributed by atoms with van der Waals surface area (Å²) < 4.78 is 1.49. The van der Waals surface area contributed by atoms with Crippen LogP contribution in [0.5, 0.6) is 0 Å². The number of nitrogens with two attached hydrogens (primary N) is 1. The first kappa shape index (κ1) is 20.9. The number of hydrogen-bond donors (Lipinski definition) is 4. The quantitative estimate of drug-likeness (QED) is 0.291. The Kier molecular flexibility index (Phi) is 5.15. The van der Waals surface area contributed by atoms with Crippen molar-refractivity contribution >= 4 is 41.0 Å². The highest BCUT2D eigenvalue weighted by Crippen LogP contribution is 2.33. The van der Waals surface area contributed by atoms with E-state index in [0.29, 0.717) is 34.8 Å². The van der Waals surface area contributed by atoms with Gasteiger partial charge in [-0.25, -0.2) is 4.98 Å². The summed E-state index contributed by atoms with van der Waals surface area (Å²) in [5.74, 6) is 0.372. The Labute approximate surface area is 189 Å². The fourth-order valence-corrected chi connectivity index (χ4v) is 4.01. The summed E-state index contributed by atoms with van der Waals surface area (Å²) in [5.41, 5.74) is 9.78. The number of fused-ring (bicyclic) bond motifs is 2. The average Bonchev–Trinajstić information content (AvgIpc) is 3.41. The van der Waals surface area contributed by atoms with Crippen molar-refractivity contribution < 1.29 is 14.8 Å². The van der Waals surface area contributed by atoms with Crippen LogP contribution >= 0.6 is 0 Å². The number of primary amides is 1. The Morgan fingerprint density at radius 1 is 1.21 bits per heavy atom. The molecule has 166 valence electrons. The van der Waals surface area contributed by atoms with Crippen molar-refractivity contribution in [1.29, 1.82) is 0 Å². The minimum Gasteiger partial charge on any atom is -0.423 e. The van der Waals surface area contributed by atoms with Crippen LogP contribution in [0.2, 0.25) is 0 Å². The van der Waals surface area contributed by atoms with Gasteiger partial charge < -0.3 is 26.0 Å². The molecule has 2 aromatic heterocycles. The lowest BCUT2D eigenvalue weighted by molar-refractivity contribution is 0.100. The molecule has 12 heteroatoms. The maximum Gasteiger partial charge on any atom is 0.488 e. The number of carbonyl (C=O) groups excluding carboxylic acids is 1. The van der Waals surface area contributed by atoms with Gasteiger partial charge in [-0.15, -0.1) is 5.10 Å². The van der Waals surface area contributed by atoms with E-state index in [9.17, 15) is 14.8 Å². The number of amides is 1. The number of benzene rings is 2. The van der Waals surface area contributed by atoms with Crippen LogP contribution in [0, 0.1) is 0 Å². The number of anilines is 2. The van der Waals surface area contributed by atoms with Gasteiger partial charge in [0.15, 0.2) is 5.82 Å². The summed E-state index contributed by atoms with van der Waals surface area (Å²) in [6.45, 7) is 1.22. The zero-order valence-electron chi connectivity index (χ0n) is 17.8. The van der Waals surface area contributed by atoms with Gasteiger partial charge in [-0.2, -0.15) is 9.67 Å². The number of nitrogens with zero attached hydrogens (tertiary/aromatic N) is 6. The van der Waals surface area contributed by atoms with E-state index < -0.39 is 13.0 Å². The maximum absolute atomic E-state index is 11.8. The van der Waals surface area contributed by atoms with E-state index in [1.807, 2.05) is 13.1 Å². The van der Waals surface area contributed by atoms with E-state index >= 15 is 0 Å². The van der Waals surface area contributed by atoms with Crippen molar-refractivity contribution in [3.05, 3.63) is 59.3 Å². The molecule has 0 saturated heterocycles. The van der Waals surface area contributed by atoms with Crippen molar-refractivity contribution in [2.45, 2.75) is 13.0 Å². The molecule has 11 nitrogen and oxygen atoms in total. The van der Waals surface area contributed by atoms with Crippen LogP contribution in [0.1, 0.15) is 21.6 Å². The van der Waals surface area contributed by atoms with Gasteiger partial charge in [0.1, 0.15) is 11.2 Å². The topological polar surface area (TPSA) is 155 Å². The molecule has 0 spiro atoms. The number of likely N-dealkylation sites (N-methyl/N-ethyl adjacent to an activating group) is 1. The monoisotopic (exact) mass is 444 g/mol. The van der Waals surface area contributed by atoms with Crippen molar-refractivity contribution in [2.75, 3.05) is 23.8 Å². The first-order valence-corrected chi connectivity index (χ1v) is 10.4. The van der Waals surface area contributed by atoms with Gasteiger partial charge in [-0.1, -0.05) is 35.5 Å². The highest BCUT2D eigenvalue weighted by Gasteiger charge is 2.25. The fourth-order valence-electron chi connectivity index (χ4n) is 4.01. The third-order valence-electron chi connectivity index (χ3n) is 5.65. The second kappa shape index (κ2) is 8.15. The number of hydrogen-bond acceptors (Lipinski definition) is 9. The minimum atomic E-state index is -1.53. The van der Waals surface area contributed by atoms with Gasteiger partial charge in [0, 0.05) is 26.6 Å². The molecule has 2 aromatic carbocycles. The molecule has 5 rings (SSSR count). The highest BCUT2D eigenvalue weighted by atomic mass is 16.4. The van der Waals surface area contributed by atoms with Crippen LogP contribution < -0.4 is 21.4 Å². The Hall–Kier alpha value is -4.03. The Morgan fingerprint density at radius 3 is 2.82 bits per heavy atom. The van der Waals surface area contributed by atoms with Gasteiger partial charge in [0.05, 0.1) is 16.8 Å². The summed E-state index contributed by atoms with van der Waals surface area (Å²) in [6.07, 6.45) is 0.751. The SMILES string of the molecule is CN1CCc2nc(-n3nnc4c(C(N)=O)cccc43)nc(NCc3cccc(B(O)O)c3)c21. The van der Waals surface area contributed by atoms with Crippen molar-refractivity contribution in [3.63, 3.8) is 0 Å². The van der Waals surface area contributed by atoms with Gasteiger partial charge in [-0.3, -0.25) is 4.79 Å². The summed E-state index contributed by atoms with van der Waals surface area (Å²) in [5, 5.41) is 30.5. The molecule has 0 bridgehead atoms. The van der Waals surface area contributed by atoms with Crippen LogP contribution in [0.3, 0.4) is 0 Å². The molecule has 0 fully saturated rings. The molecule has 0 saturated carbocycles. The minimum absolute atomic E-state index is 0.281. The van der Waals surface area contributed by atoms with E-state index in [2.05, 4.69) is 20.5 Å². The Morgan fingerprint density at radius 2 is 2.03 bits per heavy atom. The molecule has 4 aromatic rings. The van der Waals surface area contributed by atoms with Crippen molar-refractivity contribution in [2.24, 2.45) is 5.73 Å². The van der Waals surface area contributed by atoms with Gasteiger partial charge in [-0.05, 0) is 23.2 Å². The third kappa shape index (κ3) is 3.75. The predicted octanol–water partition coefficient (Wildman–Crippen LogP) is -0.406. The van der Waals surface area contributed by atoms with Gasteiger partial charge in [0.2, 0.25) is 0 Å². The zero-order chi connectivity index (χ0) is 23.1. The lowest BCUT2D eigenvalue weighted by Crippen LogP contribution is -2.30. The molecular formula is C21H21BN8O3. The molecule has 0 aliphatic carbocycles. The van der Waals surface area contributed by atoms with Crippen LogP contribution in [-0.4, -0.2) is 61.6 Å². The largest absolute Gasteiger partial charge is 0.488 e. The second-order valence-electron chi connectivity index (χ2n) is 7.85. The van der Waals surface area contributed by atoms with Crippen LogP contribution in [0.25, 0.3) is 17.0 Å². The highest BCUT2D eigenvalue weighted by molar-refractivity contribution is 6.58. The maximum atomic E-state index is 11.8. The van der Waals surface area contributed by atoms with Crippen LogP contribution in [-0.2, 0) is 13.0 Å². The Balaban J connectivity index is 1.55. The van der Waals surface area contributed by atoms with Gasteiger partial charge in [0.25, 0.3) is 11.9 Å². The summed E-state index contributed by atoms with van der Waals surface area (Å²) in [7, 11) is 0.448. The van der Waals surface area contributed by atoms with Crippen molar-refractivity contribution in [1.82, 2.24) is 25.0 Å². The third-order valence-corrected chi connectivity index (χ3v) is 5.65. The van der Waals surface area contributed by atoms with Crippen molar-refractivity contribution in [3.8, 4) is 5.95 Å². The lowest BCUT2D eigenvalue weighted by Gasteiger charge is -2.17. The summed E-state index contributed by atoms with van der Waals surface area (Å²) in [6, 6.07) is 12.1. The lowest BCUT2D eigenvalue weighted by atomic mass is 9.80. The molecule has 0 unspecified atom stereocenters. The van der Waals surface area contributed by atoms with E-state index in [1.165, 1.54) is 4.68 Å². The summed E-state index contributed by atoms with van der Waals surface area (Å²) in [4.78, 5) is 23.3. The first-order valence-electron chi connectivity index (χ1n) is 10.4. The van der Waals surface area contributed by atoms with Gasteiger partial charge >= 0.3 is 7.12 Å². The van der Waals surface area contributed by atoms with E-state index in [1.54, 1.807) is 36.4 Å². The Bertz CT molecular complexity index is 1370. The first-order chi connectivity index (χ1) is 15.9. The molecule has 1 aliphatic rings. The molecule has 0 radical (unpaired) electrons. The zero-order valence-corrected chi connectivity index (χ0v) is 17.8.